The molecule has 1 heterocycles. The minimum absolute atomic E-state index is 0.108. The van der Waals surface area contributed by atoms with Gasteiger partial charge in [0.05, 0.1) is 5.56 Å². The number of aromatic amines is 1. The number of rotatable bonds is 6. The Morgan fingerprint density at radius 2 is 2.04 bits per heavy atom. The van der Waals surface area contributed by atoms with Crippen molar-refractivity contribution < 1.29 is 18.7 Å². The predicted molar refractivity (Wildman–Crippen MR) is 92.0 cm³/mol. The number of anilines is 1. The number of nitrogen functional groups attached to an aromatic ring is 1. The van der Waals surface area contributed by atoms with E-state index in [1.54, 1.807) is 6.92 Å². The SMILES string of the molecule is CCCn1c(N)c(C(=O)COC(=O)c2cc(Cl)ccc2F)c(=O)[nH]c1=O. The first-order chi connectivity index (χ1) is 12.3. The molecule has 0 aliphatic heterocycles. The van der Waals surface area contributed by atoms with Gasteiger partial charge in [-0.25, -0.2) is 14.0 Å². The second-order valence-electron chi connectivity index (χ2n) is 5.29. The number of nitrogens with two attached hydrogens (primary N) is 1. The highest BCUT2D eigenvalue weighted by Crippen LogP contribution is 2.16. The van der Waals surface area contributed by atoms with E-state index >= 15 is 0 Å². The summed E-state index contributed by atoms with van der Waals surface area (Å²) in [5.74, 6) is -3.25. The molecule has 0 bridgehead atoms. The lowest BCUT2D eigenvalue weighted by Crippen LogP contribution is -2.37. The van der Waals surface area contributed by atoms with Gasteiger partial charge in [-0.3, -0.25) is 19.1 Å². The third-order valence-electron chi connectivity index (χ3n) is 3.45. The lowest BCUT2D eigenvalue weighted by atomic mass is 10.2. The quantitative estimate of drug-likeness (QED) is 0.573. The van der Waals surface area contributed by atoms with E-state index in [0.717, 1.165) is 16.7 Å². The molecule has 10 heteroatoms. The average molecular weight is 384 g/mol. The van der Waals surface area contributed by atoms with Crippen molar-refractivity contribution in [2.45, 2.75) is 19.9 Å². The predicted octanol–water partition coefficient (Wildman–Crippen LogP) is 1.36. The van der Waals surface area contributed by atoms with E-state index in [-0.39, 0.29) is 17.4 Å². The van der Waals surface area contributed by atoms with Crippen molar-refractivity contribution in [2.24, 2.45) is 0 Å². The molecule has 0 radical (unpaired) electrons. The zero-order valence-electron chi connectivity index (χ0n) is 13.7. The van der Waals surface area contributed by atoms with Crippen LogP contribution >= 0.6 is 11.6 Å². The maximum atomic E-state index is 13.6. The van der Waals surface area contributed by atoms with E-state index in [4.69, 9.17) is 22.1 Å². The van der Waals surface area contributed by atoms with Crippen molar-refractivity contribution in [1.29, 1.82) is 0 Å². The molecule has 2 rings (SSSR count). The monoisotopic (exact) mass is 383 g/mol. The van der Waals surface area contributed by atoms with Gasteiger partial charge in [0.15, 0.2) is 6.61 Å². The summed E-state index contributed by atoms with van der Waals surface area (Å²) in [6, 6.07) is 3.27. The summed E-state index contributed by atoms with van der Waals surface area (Å²) in [7, 11) is 0. The van der Waals surface area contributed by atoms with E-state index in [2.05, 4.69) is 0 Å². The topological polar surface area (TPSA) is 124 Å². The number of H-pyrrole nitrogens is 1. The molecule has 1 aromatic carbocycles. The number of ether oxygens (including phenoxy) is 1. The molecule has 0 aliphatic carbocycles. The number of ketones is 1. The van der Waals surface area contributed by atoms with Gasteiger partial charge in [-0.1, -0.05) is 18.5 Å². The van der Waals surface area contributed by atoms with Gasteiger partial charge >= 0.3 is 11.7 Å². The van der Waals surface area contributed by atoms with E-state index in [1.807, 2.05) is 4.98 Å². The van der Waals surface area contributed by atoms with Crippen molar-refractivity contribution in [3.63, 3.8) is 0 Å². The van der Waals surface area contributed by atoms with Crippen LogP contribution in [0.15, 0.2) is 27.8 Å². The first kappa shape index (κ1) is 19.4. The Balaban J connectivity index is 2.24. The number of hydrogen-bond donors (Lipinski definition) is 2. The largest absolute Gasteiger partial charge is 0.454 e. The van der Waals surface area contributed by atoms with E-state index in [1.165, 1.54) is 6.07 Å². The van der Waals surface area contributed by atoms with E-state index in [9.17, 15) is 23.6 Å². The highest BCUT2D eigenvalue weighted by Gasteiger charge is 2.22. The van der Waals surface area contributed by atoms with Gasteiger partial charge in [-0.15, -0.1) is 0 Å². The summed E-state index contributed by atoms with van der Waals surface area (Å²) in [6.45, 7) is 1.11. The summed E-state index contributed by atoms with van der Waals surface area (Å²) >= 11 is 5.69. The number of benzene rings is 1. The second kappa shape index (κ2) is 7.96. The Morgan fingerprint density at radius 3 is 2.69 bits per heavy atom. The molecule has 0 aliphatic rings. The number of halogens is 2. The molecule has 138 valence electrons. The molecule has 1 aromatic heterocycles. The highest BCUT2D eigenvalue weighted by molar-refractivity contribution is 6.30. The van der Waals surface area contributed by atoms with Crippen molar-refractivity contribution in [3.8, 4) is 0 Å². The number of aromatic nitrogens is 2. The molecule has 0 spiro atoms. The van der Waals surface area contributed by atoms with Gasteiger partial charge in [-0.2, -0.15) is 0 Å². The maximum absolute atomic E-state index is 13.6. The Morgan fingerprint density at radius 1 is 1.35 bits per heavy atom. The summed E-state index contributed by atoms with van der Waals surface area (Å²) in [4.78, 5) is 49.7. The van der Waals surface area contributed by atoms with Gasteiger partial charge in [0.2, 0.25) is 5.78 Å². The van der Waals surface area contributed by atoms with E-state index in [0.29, 0.717) is 6.42 Å². The third kappa shape index (κ3) is 3.99. The van der Waals surface area contributed by atoms with Crippen molar-refractivity contribution in [1.82, 2.24) is 9.55 Å². The molecule has 0 unspecified atom stereocenters. The van der Waals surface area contributed by atoms with Crippen molar-refractivity contribution in [3.05, 3.63) is 61.0 Å². The standard InChI is InChI=1S/C16H15ClFN3O5/c1-2-5-21-13(19)12(14(23)20-16(21)25)11(22)7-26-15(24)9-6-8(17)3-4-10(9)18/h3-4,6H,2,5,7,19H2,1H3,(H,20,23,25). The molecule has 0 amide bonds. The number of carbonyl (C=O) groups is 2. The summed E-state index contributed by atoms with van der Waals surface area (Å²) in [6.07, 6.45) is 0.535. The lowest BCUT2D eigenvalue weighted by molar-refractivity contribution is 0.0469. The molecule has 26 heavy (non-hydrogen) atoms. The summed E-state index contributed by atoms with van der Waals surface area (Å²) < 4.78 is 19.4. The molecule has 0 atom stereocenters. The summed E-state index contributed by atoms with van der Waals surface area (Å²) in [5, 5.41) is 0.108. The van der Waals surface area contributed by atoms with Crippen molar-refractivity contribution in [2.75, 3.05) is 12.3 Å². The van der Waals surface area contributed by atoms with Gasteiger partial charge in [0, 0.05) is 11.6 Å². The first-order valence-electron chi connectivity index (χ1n) is 7.54. The molecular formula is C16H15ClFN3O5. The fourth-order valence-corrected chi connectivity index (χ4v) is 2.41. The van der Waals surface area contributed by atoms with Crippen LogP contribution in [0, 0.1) is 5.82 Å². The van der Waals surface area contributed by atoms with Gasteiger partial charge in [0.1, 0.15) is 17.2 Å². The second-order valence-corrected chi connectivity index (χ2v) is 5.73. The number of hydrogen-bond acceptors (Lipinski definition) is 6. The van der Waals surface area contributed by atoms with Crippen LogP contribution in [0.3, 0.4) is 0 Å². The molecule has 2 aromatic rings. The minimum Gasteiger partial charge on any atom is -0.454 e. The van der Waals surface area contributed by atoms with Crippen molar-refractivity contribution >= 4 is 29.2 Å². The Kier molecular flexibility index (Phi) is 5.93. The Hall–Kier alpha value is -2.94. The van der Waals surface area contributed by atoms with Crippen LogP contribution in [0.25, 0.3) is 0 Å². The number of esters is 1. The minimum atomic E-state index is -1.13. The van der Waals surface area contributed by atoms with Crippen LogP contribution in [-0.2, 0) is 11.3 Å². The molecule has 3 N–H and O–H groups in total. The van der Waals surface area contributed by atoms with Crippen LogP contribution in [0.4, 0.5) is 10.2 Å². The van der Waals surface area contributed by atoms with Gasteiger partial charge in [0.25, 0.3) is 5.56 Å². The normalized spacial score (nSPS) is 10.6. The Bertz CT molecular complexity index is 983. The number of nitrogens with zero attached hydrogens (tertiary/aromatic N) is 1. The van der Waals surface area contributed by atoms with Crippen LogP contribution in [0.1, 0.15) is 34.1 Å². The molecular weight excluding hydrogens is 369 g/mol. The number of nitrogens with one attached hydrogen (secondary N) is 1. The van der Waals surface area contributed by atoms with Crippen LogP contribution in [-0.4, -0.2) is 27.9 Å². The summed E-state index contributed by atoms with van der Waals surface area (Å²) in [5.41, 5.74) is 3.04. The molecule has 8 nitrogen and oxygen atoms in total. The van der Waals surface area contributed by atoms with Gasteiger partial charge < -0.3 is 10.5 Å². The number of Topliss-reactive ketones (excluding diaryl/α,β-unsaturated/α-hetero) is 1. The van der Waals surface area contributed by atoms with Gasteiger partial charge in [-0.05, 0) is 24.6 Å². The maximum Gasteiger partial charge on any atom is 0.341 e. The highest BCUT2D eigenvalue weighted by atomic mass is 35.5. The third-order valence-corrected chi connectivity index (χ3v) is 3.68. The first-order valence-corrected chi connectivity index (χ1v) is 7.92. The zero-order valence-corrected chi connectivity index (χ0v) is 14.4. The molecule has 0 saturated carbocycles. The average Bonchev–Trinajstić information content (AvgIpc) is 2.58. The van der Waals surface area contributed by atoms with Crippen LogP contribution in [0.5, 0.6) is 0 Å². The number of carbonyl (C=O) groups excluding carboxylic acids is 2. The molecule has 0 fully saturated rings. The fraction of sp³-hybridized carbons (Fsp3) is 0.250. The van der Waals surface area contributed by atoms with E-state index < -0.39 is 46.6 Å². The molecule has 0 saturated heterocycles. The Labute approximate surface area is 151 Å². The lowest BCUT2D eigenvalue weighted by Gasteiger charge is -2.11. The zero-order chi connectivity index (χ0) is 19.4. The smallest absolute Gasteiger partial charge is 0.341 e. The fourth-order valence-electron chi connectivity index (χ4n) is 2.24. The van der Waals surface area contributed by atoms with Crippen LogP contribution < -0.4 is 17.0 Å². The van der Waals surface area contributed by atoms with Crippen LogP contribution in [0.2, 0.25) is 5.02 Å².